The van der Waals surface area contributed by atoms with Gasteiger partial charge in [-0.1, -0.05) is 39.5 Å². The first-order chi connectivity index (χ1) is 8.72. The Morgan fingerprint density at radius 2 is 2.00 bits per heavy atom. The van der Waals surface area contributed by atoms with Gasteiger partial charge in [0.25, 0.3) is 0 Å². The van der Waals surface area contributed by atoms with Crippen molar-refractivity contribution in [2.75, 3.05) is 19.7 Å². The molecule has 0 spiro atoms. The molecule has 1 aliphatic carbocycles. The fourth-order valence-electron chi connectivity index (χ4n) is 3.01. The number of nitrogens with one attached hydrogen (secondary N) is 1. The molecule has 2 nitrogen and oxygen atoms in total. The van der Waals surface area contributed by atoms with Crippen LogP contribution < -0.4 is 5.32 Å². The SMILES string of the molecule is CC1CCCC(CNCC(C)CCCCO)CC1. The maximum absolute atomic E-state index is 8.76. The van der Waals surface area contributed by atoms with Gasteiger partial charge in [0.05, 0.1) is 0 Å². The van der Waals surface area contributed by atoms with E-state index in [1.165, 1.54) is 51.5 Å². The second-order valence-electron chi connectivity index (χ2n) is 6.46. The number of unbranched alkanes of at least 4 members (excludes halogenated alkanes) is 1. The number of aliphatic hydroxyl groups excluding tert-OH is 1. The Kier molecular flexibility index (Phi) is 8.70. The highest BCUT2D eigenvalue weighted by molar-refractivity contribution is 4.70. The van der Waals surface area contributed by atoms with Crippen LogP contribution in [0.4, 0.5) is 0 Å². The predicted octanol–water partition coefficient (Wildman–Crippen LogP) is 3.59. The highest BCUT2D eigenvalue weighted by atomic mass is 16.2. The van der Waals surface area contributed by atoms with E-state index < -0.39 is 0 Å². The molecule has 2 N–H and O–H groups in total. The average molecular weight is 255 g/mol. The number of rotatable bonds is 8. The van der Waals surface area contributed by atoms with Crippen LogP contribution in [0, 0.1) is 17.8 Å². The zero-order valence-corrected chi connectivity index (χ0v) is 12.5. The van der Waals surface area contributed by atoms with E-state index in [1.54, 1.807) is 0 Å². The lowest BCUT2D eigenvalue weighted by Crippen LogP contribution is -2.27. The fraction of sp³-hybridized carbons (Fsp3) is 1.00. The lowest BCUT2D eigenvalue weighted by molar-refractivity contribution is 0.277. The molecule has 0 aromatic rings. The third-order valence-corrected chi connectivity index (χ3v) is 4.41. The summed E-state index contributed by atoms with van der Waals surface area (Å²) < 4.78 is 0. The van der Waals surface area contributed by atoms with Gasteiger partial charge in [0, 0.05) is 6.61 Å². The average Bonchev–Trinajstić information content (AvgIpc) is 2.55. The third-order valence-electron chi connectivity index (χ3n) is 4.41. The molecule has 0 saturated heterocycles. The minimum Gasteiger partial charge on any atom is -0.396 e. The summed E-state index contributed by atoms with van der Waals surface area (Å²) in [4.78, 5) is 0. The molecule has 0 heterocycles. The Morgan fingerprint density at radius 1 is 1.17 bits per heavy atom. The highest BCUT2D eigenvalue weighted by Gasteiger charge is 2.15. The minimum atomic E-state index is 0.348. The number of aliphatic hydroxyl groups is 1. The molecule has 0 amide bonds. The largest absolute Gasteiger partial charge is 0.396 e. The van der Waals surface area contributed by atoms with Crippen LogP contribution >= 0.6 is 0 Å². The number of hydrogen-bond donors (Lipinski definition) is 2. The van der Waals surface area contributed by atoms with Crippen LogP contribution in [-0.4, -0.2) is 24.8 Å². The summed E-state index contributed by atoms with van der Waals surface area (Å²) in [5, 5.41) is 12.4. The van der Waals surface area contributed by atoms with Crippen molar-refractivity contribution >= 4 is 0 Å². The van der Waals surface area contributed by atoms with Gasteiger partial charge in [0.15, 0.2) is 0 Å². The first-order valence-corrected chi connectivity index (χ1v) is 8.04. The van der Waals surface area contributed by atoms with Crippen molar-refractivity contribution in [3.05, 3.63) is 0 Å². The molecule has 3 atom stereocenters. The Hall–Kier alpha value is -0.0800. The summed E-state index contributed by atoms with van der Waals surface area (Å²) in [6.07, 6.45) is 10.5. The van der Waals surface area contributed by atoms with E-state index in [9.17, 15) is 0 Å². The van der Waals surface area contributed by atoms with Gasteiger partial charge in [-0.05, 0) is 56.5 Å². The quantitative estimate of drug-likeness (QED) is 0.513. The summed E-state index contributed by atoms with van der Waals surface area (Å²) in [7, 11) is 0. The molecule has 1 rings (SSSR count). The van der Waals surface area contributed by atoms with Crippen LogP contribution in [0.1, 0.15) is 65.2 Å². The van der Waals surface area contributed by atoms with Crippen molar-refractivity contribution in [3.63, 3.8) is 0 Å². The smallest absolute Gasteiger partial charge is 0.0431 e. The Labute approximate surface area is 114 Å². The van der Waals surface area contributed by atoms with E-state index in [1.807, 2.05) is 0 Å². The van der Waals surface area contributed by atoms with E-state index >= 15 is 0 Å². The Bertz CT molecular complexity index is 196. The Balaban J connectivity index is 2.02. The topological polar surface area (TPSA) is 32.3 Å². The van der Waals surface area contributed by atoms with Crippen molar-refractivity contribution in [2.24, 2.45) is 17.8 Å². The molecule has 0 bridgehead atoms. The third kappa shape index (κ3) is 7.38. The molecule has 108 valence electrons. The first-order valence-electron chi connectivity index (χ1n) is 8.04. The summed E-state index contributed by atoms with van der Waals surface area (Å²) >= 11 is 0. The van der Waals surface area contributed by atoms with E-state index in [0.717, 1.165) is 30.7 Å². The molecule has 2 heteroatoms. The standard InChI is InChI=1S/C16H33NO/c1-14-7-5-8-16(10-9-14)13-17-12-15(2)6-3-4-11-18/h14-18H,3-13H2,1-2H3. The molecule has 0 aromatic carbocycles. The van der Waals surface area contributed by atoms with Gasteiger partial charge < -0.3 is 10.4 Å². The van der Waals surface area contributed by atoms with Crippen molar-refractivity contribution in [3.8, 4) is 0 Å². The van der Waals surface area contributed by atoms with Gasteiger partial charge in [0.2, 0.25) is 0 Å². The summed E-state index contributed by atoms with van der Waals surface area (Å²) in [6, 6.07) is 0. The maximum atomic E-state index is 8.76. The summed E-state index contributed by atoms with van der Waals surface area (Å²) in [6.45, 7) is 7.44. The number of hydrogen-bond acceptors (Lipinski definition) is 2. The molecule has 0 aliphatic heterocycles. The minimum absolute atomic E-state index is 0.348. The van der Waals surface area contributed by atoms with Crippen LogP contribution in [0.5, 0.6) is 0 Å². The zero-order valence-electron chi connectivity index (χ0n) is 12.5. The lowest BCUT2D eigenvalue weighted by atomic mass is 9.98. The Morgan fingerprint density at radius 3 is 2.78 bits per heavy atom. The van der Waals surface area contributed by atoms with Gasteiger partial charge in [-0.3, -0.25) is 0 Å². The van der Waals surface area contributed by atoms with Gasteiger partial charge in [0.1, 0.15) is 0 Å². The van der Waals surface area contributed by atoms with Gasteiger partial charge in [-0.15, -0.1) is 0 Å². The van der Waals surface area contributed by atoms with E-state index in [4.69, 9.17) is 5.11 Å². The van der Waals surface area contributed by atoms with Crippen LogP contribution in [0.15, 0.2) is 0 Å². The molecule has 3 unspecified atom stereocenters. The second kappa shape index (κ2) is 9.80. The van der Waals surface area contributed by atoms with E-state index in [2.05, 4.69) is 19.2 Å². The fourth-order valence-corrected chi connectivity index (χ4v) is 3.01. The summed E-state index contributed by atoms with van der Waals surface area (Å²) in [5.41, 5.74) is 0. The highest BCUT2D eigenvalue weighted by Crippen LogP contribution is 2.26. The molecule has 1 aliphatic rings. The molecular weight excluding hydrogens is 222 g/mol. The molecule has 0 radical (unpaired) electrons. The predicted molar refractivity (Wildman–Crippen MR) is 78.7 cm³/mol. The van der Waals surface area contributed by atoms with Crippen molar-refractivity contribution < 1.29 is 5.11 Å². The monoisotopic (exact) mass is 255 g/mol. The summed E-state index contributed by atoms with van der Waals surface area (Å²) in [5.74, 6) is 2.62. The van der Waals surface area contributed by atoms with Crippen LogP contribution in [0.3, 0.4) is 0 Å². The molecule has 0 aromatic heterocycles. The molecular formula is C16H33NO. The van der Waals surface area contributed by atoms with E-state index in [-0.39, 0.29) is 0 Å². The van der Waals surface area contributed by atoms with Gasteiger partial charge >= 0.3 is 0 Å². The van der Waals surface area contributed by atoms with Gasteiger partial charge in [-0.25, -0.2) is 0 Å². The van der Waals surface area contributed by atoms with Gasteiger partial charge in [-0.2, -0.15) is 0 Å². The van der Waals surface area contributed by atoms with Crippen molar-refractivity contribution in [1.29, 1.82) is 0 Å². The zero-order chi connectivity index (χ0) is 13.2. The normalized spacial score (nSPS) is 26.8. The lowest BCUT2D eigenvalue weighted by Gasteiger charge is -2.17. The van der Waals surface area contributed by atoms with Crippen molar-refractivity contribution in [2.45, 2.75) is 65.2 Å². The van der Waals surface area contributed by atoms with Crippen LogP contribution in [0.2, 0.25) is 0 Å². The first kappa shape index (κ1) is 16.0. The van der Waals surface area contributed by atoms with Crippen LogP contribution in [0.25, 0.3) is 0 Å². The second-order valence-corrected chi connectivity index (χ2v) is 6.46. The van der Waals surface area contributed by atoms with Crippen LogP contribution in [-0.2, 0) is 0 Å². The molecule has 18 heavy (non-hydrogen) atoms. The molecule has 1 fully saturated rings. The molecule has 1 saturated carbocycles. The maximum Gasteiger partial charge on any atom is 0.0431 e. The van der Waals surface area contributed by atoms with Crippen molar-refractivity contribution in [1.82, 2.24) is 5.32 Å². The van der Waals surface area contributed by atoms with E-state index in [0.29, 0.717) is 6.61 Å².